The molecule has 0 saturated heterocycles. The van der Waals surface area contributed by atoms with Crippen molar-refractivity contribution in [3.63, 3.8) is 0 Å². The first-order chi connectivity index (χ1) is 10.6. The molecule has 0 fully saturated rings. The van der Waals surface area contributed by atoms with E-state index in [4.69, 9.17) is 4.52 Å². The van der Waals surface area contributed by atoms with E-state index >= 15 is 0 Å². The van der Waals surface area contributed by atoms with Gasteiger partial charge in [-0.2, -0.15) is 0 Å². The minimum atomic E-state index is -0.265. The van der Waals surface area contributed by atoms with E-state index in [0.717, 1.165) is 19.5 Å². The van der Waals surface area contributed by atoms with Gasteiger partial charge in [-0.25, -0.2) is 4.79 Å². The fourth-order valence-corrected chi connectivity index (χ4v) is 2.11. The zero-order valence-corrected chi connectivity index (χ0v) is 13.0. The monoisotopic (exact) mass is 302 g/mol. The molecule has 2 N–H and O–H groups in total. The van der Waals surface area contributed by atoms with Crippen molar-refractivity contribution in [2.75, 3.05) is 25.5 Å². The standard InChI is InChI=1S/C16H22N4O2/c1-13-11-15(19-22-13)18-16(21)17-9-6-10-20(2)12-14-7-4-3-5-8-14/h3-5,7-8,11H,6,9-10,12H2,1-2H3,(H2,17,18,19,21). The Morgan fingerprint density at radius 1 is 1.32 bits per heavy atom. The summed E-state index contributed by atoms with van der Waals surface area (Å²) in [6, 6.07) is 11.7. The highest BCUT2D eigenvalue weighted by molar-refractivity contribution is 5.88. The smallest absolute Gasteiger partial charge is 0.320 e. The molecule has 1 aromatic carbocycles. The van der Waals surface area contributed by atoms with E-state index < -0.39 is 0 Å². The third-order valence-corrected chi connectivity index (χ3v) is 3.17. The molecule has 0 radical (unpaired) electrons. The molecule has 0 saturated carbocycles. The lowest BCUT2D eigenvalue weighted by atomic mass is 10.2. The Labute approximate surface area is 130 Å². The van der Waals surface area contributed by atoms with Gasteiger partial charge in [0.05, 0.1) is 0 Å². The Morgan fingerprint density at radius 2 is 2.09 bits per heavy atom. The second-order valence-electron chi connectivity index (χ2n) is 5.28. The van der Waals surface area contributed by atoms with Crippen LogP contribution < -0.4 is 10.6 Å². The van der Waals surface area contributed by atoms with E-state index in [1.165, 1.54) is 5.56 Å². The molecule has 0 bridgehead atoms. The van der Waals surface area contributed by atoms with Gasteiger partial charge in [0.1, 0.15) is 5.76 Å². The second kappa shape index (κ2) is 8.19. The number of rotatable bonds is 7. The van der Waals surface area contributed by atoms with Crippen LogP contribution in [0.5, 0.6) is 0 Å². The van der Waals surface area contributed by atoms with E-state index in [-0.39, 0.29) is 6.03 Å². The zero-order chi connectivity index (χ0) is 15.8. The van der Waals surface area contributed by atoms with Crippen LogP contribution in [0, 0.1) is 6.92 Å². The van der Waals surface area contributed by atoms with E-state index in [9.17, 15) is 4.79 Å². The lowest BCUT2D eigenvalue weighted by Gasteiger charge is -2.16. The molecule has 6 heteroatoms. The van der Waals surface area contributed by atoms with Crippen molar-refractivity contribution >= 4 is 11.8 Å². The van der Waals surface area contributed by atoms with Gasteiger partial charge in [0, 0.05) is 19.2 Å². The normalized spacial score (nSPS) is 10.7. The first-order valence-electron chi connectivity index (χ1n) is 7.34. The number of urea groups is 1. The first kappa shape index (κ1) is 16.0. The molecule has 1 heterocycles. The summed E-state index contributed by atoms with van der Waals surface area (Å²) < 4.78 is 4.88. The van der Waals surface area contributed by atoms with Crippen molar-refractivity contribution in [1.29, 1.82) is 0 Å². The van der Waals surface area contributed by atoms with Gasteiger partial charge in [-0.1, -0.05) is 35.5 Å². The molecule has 6 nitrogen and oxygen atoms in total. The molecule has 0 spiro atoms. The van der Waals surface area contributed by atoms with Gasteiger partial charge in [-0.05, 0) is 32.5 Å². The summed E-state index contributed by atoms with van der Waals surface area (Å²) in [4.78, 5) is 13.9. The molecule has 22 heavy (non-hydrogen) atoms. The van der Waals surface area contributed by atoms with Crippen LogP contribution in [0.3, 0.4) is 0 Å². The zero-order valence-electron chi connectivity index (χ0n) is 13.0. The molecule has 0 unspecified atom stereocenters. The van der Waals surface area contributed by atoms with Crippen LogP contribution in [0.1, 0.15) is 17.7 Å². The molecule has 1 aromatic heterocycles. The number of benzene rings is 1. The molecule has 2 aromatic rings. The van der Waals surface area contributed by atoms with E-state index in [0.29, 0.717) is 18.1 Å². The van der Waals surface area contributed by atoms with Gasteiger partial charge in [0.2, 0.25) is 0 Å². The maximum absolute atomic E-state index is 11.6. The molecule has 0 atom stereocenters. The Bertz CT molecular complexity index is 583. The fraction of sp³-hybridized carbons (Fsp3) is 0.375. The summed E-state index contributed by atoms with van der Waals surface area (Å²) >= 11 is 0. The fourth-order valence-electron chi connectivity index (χ4n) is 2.11. The van der Waals surface area contributed by atoms with Crippen LogP contribution >= 0.6 is 0 Å². The molecular weight excluding hydrogens is 280 g/mol. The van der Waals surface area contributed by atoms with E-state index in [1.54, 1.807) is 13.0 Å². The average Bonchev–Trinajstić information content (AvgIpc) is 2.90. The highest BCUT2D eigenvalue weighted by Gasteiger charge is 2.05. The van der Waals surface area contributed by atoms with Gasteiger partial charge in [-0.3, -0.25) is 5.32 Å². The number of anilines is 1. The third kappa shape index (κ3) is 5.57. The number of nitrogens with one attached hydrogen (secondary N) is 2. The number of hydrogen-bond acceptors (Lipinski definition) is 4. The predicted octanol–water partition coefficient (Wildman–Crippen LogP) is 2.63. The number of aryl methyl sites for hydroxylation is 1. The maximum Gasteiger partial charge on any atom is 0.320 e. The minimum Gasteiger partial charge on any atom is -0.360 e. The van der Waals surface area contributed by atoms with Crippen molar-refractivity contribution < 1.29 is 9.32 Å². The van der Waals surface area contributed by atoms with Crippen molar-refractivity contribution in [3.8, 4) is 0 Å². The molecular formula is C16H22N4O2. The van der Waals surface area contributed by atoms with Gasteiger partial charge < -0.3 is 14.7 Å². The average molecular weight is 302 g/mol. The number of nitrogens with zero attached hydrogens (tertiary/aromatic N) is 2. The molecule has 118 valence electrons. The maximum atomic E-state index is 11.6. The van der Waals surface area contributed by atoms with Crippen molar-refractivity contribution in [2.45, 2.75) is 19.9 Å². The topological polar surface area (TPSA) is 70.4 Å². The number of carbonyl (C=O) groups is 1. The second-order valence-corrected chi connectivity index (χ2v) is 5.28. The first-order valence-corrected chi connectivity index (χ1v) is 7.34. The highest BCUT2D eigenvalue weighted by atomic mass is 16.5. The quantitative estimate of drug-likeness (QED) is 0.771. The van der Waals surface area contributed by atoms with Crippen LogP contribution in [-0.4, -0.2) is 36.2 Å². The van der Waals surface area contributed by atoms with E-state index in [2.05, 4.69) is 39.9 Å². The van der Waals surface area contributed by atoms with Crippen LogP contribution in [0.4, 0.5) is 10.6 Å². The molecule has 0 aliphatic rings. The number of aromatic nitrogens is 1. The largest absolute Gasteiger partial charge is 0.360 e. The third-order valence-electron chi connectivity index (χ3n) is 3.17. The minimum absolute atomic E-state index is 0.265. The summed E-state index contributed by atoms with van der Waals surface area (Å²) in [6.07, 6.45) is 0.884. The van der Waals surface area contributed by atoms with Crippen molar-refractivity contribution in [3.05, 3.63) is 47.7 Å². The molecule has 0 aliphatic carbocycles. The Hall–Kier alpha value is -2.34. The number of amides is 2. The van der Waals surface area contributed by atoms with Gasteiger partial charge in [0.15, 0.2) is 5.82 Å². The van der Waals surface area contributed by atoms with Gasteiger partial charge in [0.25, 0.3) is 0 Å². The summed E-state index contributed by atoms with van der Waals surface area (Å²) in [6.45, 7) is 4.21. The predicted molar refractivity (Wildman–Crippen MR) is 85.7 cm³/mol. The lowest BCUT2D eigenvalue weighted by Crippen LogP contribution is -2.31. The lowest BCUT2D eigenvalue weighted by molar-refractivity contribution is 0.250. The van der Waals surface area contributed by atoms with Crippen molar-refractivity contribution in [2.24, 2.45) is 0 Å². The Balaban J connectivity index is 1.59. The number of hydrogen-bond donors (Lipinski definition) is 2. The highest BCUT2D eigenvalue weighted by Crippen LogP contribution is 2.06. The molecule has 2 rings (SSSR count). The van der Waals surface area contributed by atoms with Crippen molar-refractivity contribution in [1.82, 2.24) is 15.4 Å². The van der Waals surface area contributed by atoms with E-state index in [1.807, 2.05) is 18.2 Å². The van der Waals surface area contributed by atoms with Crippen LogP contribution in [0.2, 0.25) is 0 Å². The molecule has 2 amide bonds. The molecule has 0 aliphatic heterocycles. The summed E-state index contributed by atoms with van der Waals surface area (Å²) in [5, 5.41) is 9.13. The van der Waals surface area contributed by atoms with Gasteiger partial charge >= 0.3 is 6.03 Å². The Kier molecular flexibility index (Phi) is 5.97. The van der Waals surface area contributed by atoms with Crippen LogP contribution in [0.25, 0.3) is 0 Å². The summed E-state index contributed by atoms with van der Waals surface area (Å²) in [5.41, 5.74) is 1.29. The summed E-state index contributed by atoms with van der Waals surface area (Å²) in [7, 11) is 2.07. The van der Waals surface area contributed by atoms with Crippen LogP contribution in [0.15, 0.2) is 40.9 Å². The van der Waals surface area contributed by atoms with Crippen LogP contribution in [-0.2, 0) is 6.54 Å². The summed E-state index contributed by atoms with van der Waals surface area (Å²) in [5.74, 6) is 1.09. The van der Waals surface area contributed by atoms with Gasteiger partial charge in [-0.15, -0.1) is 0 Å². The Morgan fingerprint density at radius 3 is 2.77 bits per heavy atom. The number of carbonyl (C=O) groups excluding carboxylic acids is 1. The SMILES string of the molecule is Cc1cc(NC(=O)NCCCN(C)Cc2ccccc2)no1.